The van der Waals surface area contributed by atoms with Crippen LogP contribution in [0, 0.1) is 0 Å². The quantitative estimate of drug-likeness (QED) is 0.646. The number of hydrogen-bond donors (Lipinski definition) is 1. The molecule has 0 radical (unpaired) electrons. The third-order valence-electron chi connectivity index (χ3n) is 2.66. The number of unbranched alkanes of at least 4 members (excludes halogenated alkanes) is 1. The van der Waals surface area contributed by atoms with E-state index in [-0.39, 0.29) is 17.6 Å². The number of methoxy groups -OCH3 is 2. The van der Waals surface area contributed by atoms with Gasteiger partial charge >= 0.3 is 5.97 Å². The molecule has 0 amide bonds. The fourth-order valence-electron chi connectivity index (χ4n) is 1.29. The summed E-state index contributed by atoms with van der Waals surface area (Å²) in [4.78, 5) is 11.5. The summed E-state index contributed by atoms with van der Waals surface area (Å²) in [5.74, 6) is -0.194. The Balaban J connectivity index is 4.15. The summed E-state index contributed by atoms with van der Waals surface area (Å²) < 4.78 is 10.1. The van der Waals surface area contributed by atoms with Crippen molar-refractivity contribution in [1.29, 1.82) is 0 Å². The Labute approximate surface area is 98.7 Å². The molecule has 1 unspecified atom stereocenters. The van der Waals surface area contributed by atoms with Crippen LogP contribution in [0.1, 0.15) is 40.0 Å². The summed E-state index contributed by atoms with van der Waals surface area (Å²) in [6, 6.07) is -0.223. The molecule has 0 fully saturated rings. The molecule has 1 N–H and O–H groups in total. The first-order valence-corrected chi connectivity index (χ1v) is 5.83. The van der Waals surface area contributed by atoms with Crippen LogP contribution >= 0.6 is 0 Å². The molecule has 0 spiro atoms. The summed E-state index contributed by atoms with van der Waals surface area (Å²) in [5.41, 5.74) is -0.265. The molecular formula is C12H25NO3. The minimum Gasteiger partial charge on any atom is -0.468 e. The zero-order chi connectivity index (χ0) is 12.6. The van der Waals surface area contributed by atoms with Gasteiger partial charge in [-0.25, -0.2) is 0 Å². The van der Waals surface area contributed by atoms with Gasteiger partial charge in [0.2, 0.25) is 0 Å². The van der Waals surface area contributed by atoms with E-state index < -0.39 is 0 Å². The first-order valence-electron chi connectivity index (χ1n) is 5.83. The highest BCUT2D eigenvalue weighted by Crippen LogP contribution is 2.08. The lowest BCUT2D eigenvalue weighted by Gasteiger charge is -2.26. The van der Waals surface area contributed by atoms with Crippen LogP contribution in [0.15, 0.2) is 0 Å². The van der Waals surface area contributed by atoms with Gasteiger partial charge in [-0.05, 0) is 20.3 Å². The van der Waals surface area contributed by atoms with E-state index in [2.05, 4.69) is 12.2 Å². The zero-order valence-corrected chi connectivity index (χ0v) is 11.1. The van der Waals surface area contributed by atoms with E-state index >= 15 is 0 Å². The Hall–Kier alpha value is -0.610. The SMILES string of the molecule is CCCCC(NCC(C)(C)OC)C(=O)OC. The molecule has 16 heavy (non-hydrogen) atoms. The average Bonchev–Trinajstić information content (AvgIpc) is 2.28. The standard InChI is InChI=1S/C12H25NO3/c1-6-7-8-10(11(14)15-4)13-9-12(2,3)16-5/h10,13H,6-9H2,1-5H3. The number of ether oxygens (including phenoxy) is 2. The maximum atomic E-state index is 11.5. The maximum absolute atomic E-state index is 11.5. The van der Waals surface area contributed by atoms with E-state index in [1.165, 1.54) is 7.11 Å². The molecule has 0 aromatic rings. The largest absolute Gasteiger partial charge is 0.468 e. The Kier molecular flexibility index (Phi) is 7.34. The molecule has 0 saturated carbocycles. The molecule has 0 aromatic heterocycles. The van der Waals surface area contributed by atoms with Crippen LogP contribution in [0.5, 0.6) is 0 Å². The minimum absolute atomic E-state index is 0.194. The summed E-state index contributed by atoms with van der Waals surface area (Å²) in [7, 11) is 3.09. The van der Waals surface area contributed by atoms with E-state index in [9.17, 15) is 4.79 Å². The van der Waals surface area contributed by atoms with Gasteiger partial charge in [-0.3, -0.25) is 4.79 Å². The fourth-order valence-corrected chi connectivity index (χ4v) is 1.29. The van der Waals surface area contributed by atoms with Crippen molar-refractivity contribution in [3.05, 3.63) is 0 Å². The molecule has 0 aliphatic rings. The van der Waals surface area contributed by atoms with Crippen LogP contribution in [-0.2, 0) is 14.3 Å². The van der Waals surface area contributed by atoms with E-state index in [4.69, 9.17) is 9.47 Å². The predicted molar refractivity (Wildman–Crippen MR) is 64.4 cm³/mol. The molecule has 0 saturated heterocycles. The van der Waals surface area contributed by atoms with Crippen LogP contribution in [-0.4, -0.2) is 38.4 Å². The number of hydrogen-bond acceptors (Lipinski definition) is 4. The van der Waals surface area contributed by atoms with Crippen molar-refractivity contribution in [1.82, 2.24) is 5.32 Å². The Bertz CT molecular complexity index is 204. The van der Waals surface area contributed by atoms with Crippen LogP contribution < -0.4 is 5.32 Å². The van der Waals surface area contributed by atoms with Gasteiger partial charge in [0.1, 0.15) is 6.04 Å². The molecule has 4 nitrogen and oxygen atoms in total. The Morgan fingerprint density at radius 1 is 1.38 bits per heavy atom. The molecule has 96 valence electrons. The number of rotatable bonds is 8. The molecule has 1 atom stereocenters. The van der Waals surface area contributed by atoms with Crippen molar-refractivity contribution in [3.63, 3.8) is 0 Å². The molecule has 4 heteroatoms. The summed E-state index contributed by atoms with van der Waals surface area (Å²) in [6.07, 6.45) is 2.89. The second kappa shape index (κ2) is 7.63. The molecule has 0 aliphatic carbocycles. The fraction of sp³-hybridized carbons (Fsp3) is 0.917. The first-order chi connectivity index (χ1) is 7.46. The summed E-state index contributed by atoms with van der Waals surface area (Å²) >= 11 is 0. The highest BCUT2D eigenvalue weighted by atomic mass is 16.5. The van der Waals surface area contributed by atoms with Crippen molar-refractivity contribution in [2.75, 3.05) is 20.8 Å². The maximum Gasteiger partial charge on any atom is 0.322 e. The van der Waals surface area contributed by atoms with Crippen molar-refractivity contribution < 1.29 is 14.3 Å². The normalized spacial score (nSPS) is 13.6. The third-order valence-corrected chi connectivity index (χ3v) is 2.66. The highest BCUT2D eigenvalue weighted by molar-refractivity contribution is 5.75. The second-order valence-electron chi connectivity index (χ2n) is 4.56. The van der Waals surface area contributed by atoms with Gasteiger partial charge in [-0.2, -0.15) is 0 Å². The van der Waals surface area contributed by atoms with Crippen LogP contribution in [0.2, 0.25) is 0 Å². The van der Waals surface area contributed by atoms with Crippen LogP contribution in [0.3, 0.4) is 0 Å². The topological polar surface area (TPSA) is 47.6 Å². The smallest absolute Gasteiger partial charge is 0.322 e. The van der Waals surface area contributed by atoms with Gasteiger partial charge in [0.15, 0.2) is 0 Å². The number of nitrogens with one attached hydrogen (secondary N) is 1. The summed E-state index contributed by atoms with van der Waals surface area (Å²) in [5, 5.41) is 3.20. The molecule has 0 aromatic carbocycles. The number of carbonyl (C=O) groups excluding carboxylic acids is 1. The third kappa shape index (κ3) is 6.08. The van der Waals surface area contributed by atoms with E-state index in [0.717, 1.165) is 19.3 Å². The average molecular weight is 231 g/mol. The molecule has 0 bridgehead atoms. The molecule has 0 heterocycles. The molecule has 0 rings (SSSR count). The molecular weight excluding hydrogens is 206 g/mol. The molecule has 0 aliphatic heterocycles. The lowest BCUT2D eigenvalue weighted by Crippen LogP contribution is -2.45. The van der Waals surface area contributed by atoms with E-state index in [0.29, 0.717) is 6.54 Å². The Morgan fingerprint density at radius 2 is 2.00 bits per heavy atom. The van der Waals surface area contributed by atoms with Gasteiger partial charge in [-0.15, -0.1) is 0 Å². The first kappa shape index (κ1) is 15.4. The van der Waals surface area contributed by atoms with E-state index in [1.807, 2.05) is 13.8 Å². The van der Waals surface area contributed by atoms with Crippen molar-refractivity contribution in [2.45, 2.75) is 51.7 Å². The lowest BCUT2D eigenvalue weighted by molar-refractivity contribution is -0.143. The van der Waals surface area contributed by atoms with Crippen molar-refractivity contribution >= 4 is 5.97 Å². The lowest BCUT2D eigenvalue weighted by atomic mass is 10.1. The van der Waals surface area contributed by atoms with Crippen LogP contribution in [0.4, 0.5) is 0 Å². The van der Waals surface area contributed by atoms with Gasteiger partial charge in [0.25, 0.3) is 0 Å². The van der Waals surface area contributed by atoms with Gasteiger partial charge < -0.3 is 14.8 Å². The van der Waals surface area contributed by atoms with Gasteiger partial charge in [0, 0.05) is 13.7 Å². The number of carbonyl (C=O) groups is 1. The highest BCUT2D eigenvalue weighted by Gasteiger charge is 2.22. The monoisotopic (exact) mass is 231 g/mol. The zero-order valence-electron chi connectivity index (χ0n) is 11.1. The second-order valence-corrected chi connectivity index (χ2v) is 4.56. The number of esters is 1. The van der Waals surface area contributed by atoms with Crippen molar-refractivity contribution in [3.8, 4) is 0 Å². The Morgan fingerprint density at radius 3 is 2.44 bits per heavy atom. The van der Waals surface area contributed by atoms with Crippen LogP contribution in [0.25, 0.3) is 0 Å². The van der Waals surface area contributed by atoms with Gasteiger partial charge in [0.05, 0.1) is 12.7 Å². The predicted octanol–water partition coefficient (Wildman–Crippen LogP) is 1.73. The van der Waals surface area contributed by atoms with Gasteiger partial charge in [-0.1, -0.05) is 19.8 Å². The van der Waals surface area contributed by atoms with E-state index in [1.54, 1.807) is 7.11 Å². The summed E-state index contributed by atoms with van der Waals surface area (Å²) in [6.45, 7) is 6.70. The minimum atomic E-state index is -0.265. The van der Waals surface area contributed by atoms with Crippen molar-refractivity contribution in [2.24, 2.45) is 0 Å².